The third kappa shape index (κ3) is 3.32. The fraction of sp³-hybridized carbons (Fsp3) is 0.294. The molecule has 0 aromatic heterocycles. The van der Waals surface area contributed by atoms with E-state index in [4.69, 9.17) is 0 Å². The van der Waals surface area contributed by atoms with Crippen molar-refractivity contribution in [3.05, 3.63) is 69.9 Å². The minimum Gasteiger partial charge on any atom is -0.207 e. The Morgan fingerprint density at radius 1 is 1.10 bits per heavy atom. The summed E-state index contributed by atoms with van der Waals surface area (Å²) in [6.07, 6.45) is 1.64. The van der Waals surface area contributed by atoms with Crippen LogP contribution in [0.3, 0.4) is 0 Å². The van der Waals surface area contributed by atoms with Crippen molar-refractivity contribution in [3.63, 3.8) is 0 Å². The Bertz CT molecular complexity index is 562. The first-order valence-corrected chi connectivity index (χ1v) is 8.58. The van der Waals surface area contributed by atoms with Crippen molar-refractivity contribution in [2.45, 2.75) is 25.2 Å². The Morgan fingerprint density at radius 3 is 2.40 bits per heavy atom. The van der Waals surface area contributed by atoms with Crippen molar-refractivity contribution in [2.24, 2.45) is 0 Å². The fourth-order valence-corrected chi connectivity index (χ4v) is 3.81. The Labute approximate surface area is 136 Å². The van der Waals surface area contributed by atoms with Crippen molar-refractivity contribution in [1.29, 1.82) is 0 Å². The molecular weight excluding hydrogens is 383 g/mol. The predicted octanol–water partition coefficient (Wildman–Crippen LogP) is 5.87. The molecule has 0 heterocycles. The average Bonchev–Trinajstić information content (AvgIpc) is 2.49. The van der Waals surface area contributed by atoms with Gasteiger partial charge in [0.25, 0.3) is 0 Å². The predicted molar refractivity (Wildman–Crippen MR) is 90.0 cm³/mol. The van der Waals surface area contributed by atoms with E-state index in [2.05, 4.69) is 50.9 Å². The van der Waals surface area contributed by atoms with E-state index in [1.54, 1.807) is 6.07 Å². The standard InChI is InChI=1S/C17H17Br2F/c1-2-17(12-18,14-6-4-3-5-7-14)11-13-10-15(19)8-9-16(13)20/h3-10H,2,11-12H2,1H3. The molecule has 20 heavy (non-hydrogen) atoms. The SMILES string of the molecule is CCC(CBr)(Cc1cc(Br)ccc1F)c1ccccc1. The molecule has 2 rings (SSSR count). The smallest absolute Gasteiger partial charge is 0.126 e. The van der Waals surface area contributed by atoms with Crippen LogP contribution in [0.1, 0.15) is 24.5 Å². The molecule has 3 heteroatoms. The number of benzene rings is 2. The van der Waals surface area contributed by atoms with Crippen molar-refractivity contribution in [2.75, 3.05) is 5.33 Å². The van der Waals surface area contributed by atoms with Crippen LogP contribution in [-0.2, 0) is 11.8 Å². The number of rotatable bonds is 5. The molecule has 0 fully saturated rings. The molecule has 0 saturated carbocycles. The number of hydrogen-bond donors (Lipinski definition) is 0. The molecular formula is C17H17Br2F. The van der Waals surface area contributed by atoms with Crippen molar-refractivity contribution in [1.82, 2.24) is 0 Å². The molecule has 0 aliphatic rings. The molecule has 0 N–H and O–H groups in total. The average molecular weight is 400 g/mol. The topological polar surface area (TPSA) is 0 Å². The third-order valence-electron chi connectivity index (χ3n) is 3.86. The van der Waals surface area contributed by atoms with Gasteiger partial charge in [-0.25, -0.2) is 4.39 Å². The quantitative estimate of drug-likeness (QED) is 0.551. The second-order valence-electron chi connectivity index (χ2n) is 5.05. The molecule has 0 saturated heterocycles. The first kappa shape index (κ1) is 15.7. The van der Waals surface area contributed by atoms with Crippen LogP contribution >= 0.6 is 31.9 Å². The van der Waals surface area contributed by atoms with E-state index in [9.17, 15) is 4.39 Å². The van der Waals surface area contributed by atoms with E-state index < -0.39 is 0 Å². The van der Waals surface area contributed by atoms with Crippen LogP contribution in [0, 0.1) is 5.82 Å². The number of halogens is 3. The van der Waals surface area contributed by atoms with E-state index >= 15 is 0 Å². The highest BCUT2D eigenvalue weighted by molar-refractivity contribution is 9.10. The highest BCUT2D eigenvalue weighted by Crippen LogP contribution is 2.35. The fourth-order valence-electron chi connectivity index (χ4n) is 2.49. The van der Waals surface area contributed by atoms with Gasteiger partial charge in [0.1, 0.15) is 5.82 Å². The Kier molecular flexibility index (Phi) is 5.39. The molecule has 0 radical (unpaired) electrons. The van der Waals surface area contributed by atoms with E-state index in [0.29, 0.717) is 6.42 Å². The highest BCUT2D eigenvalue weighted by Gasteiger charge is 2.30. The van der Waals surface area contributed by atoms with Gasteiger partial charge in [-0.1, -0.05) is 69.1 Å². The van der Waals surface area contributed by atoms with Gasteiger partial charge in [0.15, 0.2) is 0 Å². The van der Waals surface area contributed by atoms with Gasteiger partial charge in [0.05, 0.1) is 0 Å². The van der Waals surface area contributed by atoms with E-state index in [0.717, 1.165) is 21.8 Å². The van der Waals surface area contributed by atoms with Crippen LogP contribution in [0.5, 0.6) is 0 Å². The molecule has 0 aliphatic heterocycles. The van der Waals surface area contributed by atoms with Crippen molar-refractivity contribution in [3.8, 4) is 0 Å². The second-order valence-corrected chi connectivity index (χ2v) is 6.52. The van der Waals surface area contributed by atoms with Gasteiger partial charge < -0.3 is 0 Å². The van der Waals surface area contributed by atoms with Crippen LogP contribution < -0.4 is 0 Å². The Hall–Kier alpha value is -0.670. The summed E-state index contributed by atoms with van der Waals surface area (Å²) in [5.41, 5.74) is 1.92. The Balaban J connectivity index is 2.42. The molecule has 2 aromatic carbocycles. The summed E-state index contributed by atoms with van der Waals surface area (Å²) >= 11 is 7.06. The second kappa shape index (κ2) is 6.86. The van der Waals surface area contributed by atoms with E-state index in [-0.39, 0.29) is 11.2 Å². The maximum Gasteiger partial charge on any atom is 0.126 e. The van der Waals surface area contributed by atoms with Crippen LogP contribution in [-0.4, -0.2) is 5.33 Å². The zero-order valence-electron chi connectivity index (χ0n) is 11.4. The maximum atomic E-state index is 14.1. The van der Waals surface area contributed by atoms with Gasteiger partial charge in [0.2, 0.25) is 0 Å². The molecule has 1 unspecified atom stereocenters. The molecule has 0 spiro atoms. The summed E-state index contributed by atoms with van der Waals surface area (Å²) in [5, 5.41) is 0.812. The van der Waals surface area contributed by atoms with Crippen molar-refractivity contribution < 1.29 is 4.39 Å². The van der Waals surface area contributed by atoms with Crippen molar-refractivity contribution >= 4 is 31.9 Å². The number of alkyl halides is 1. The Morgan fingerprint density at radius 2 is 1.80 bits per heavy atom. The molecule has 0 nitrogen and oxygen atoms in total. The largest absolute Gasteiger partial charge is 0.207 e. The van der Waals surface area contributed by atoms with Gasteiger partial charge >= 0.3 is 0 Å². The lowest BCUT2D eigenvalue weighted by atomic mass is 9.75. The summed E-state index contributed by atoms with van der Waals surface area (Å²) in [6.45, 7) is 2.16. The van der Waals surface area contributed by atoms with Gasteiger partial charge in [-0.2, -0.15) is 0 Å². The minimum absolute atomic E-state index is 0.0805. The molecule has 0 bridgehead atoms. The van der Waals surface area contributed by atoms with Gasteiger partial charge in [0, 0.05) is 15.2 Å². The zero-order valence-corrected chi connectivity index (χ0v) is 14.5. The number of hydrogen-bond acceptors (Lipinski definition) is 0. The lowest BCUT2D eigenvalue weighted by Crippen LogP contribution is -2.30. The first-order valence-electron chi connectivity index (χ1n) is 6.67. The minimum atomic E-state index is -0.136. The monoisotopic (exact) mass is 398 g/mol. The van der Waals surface area contributed by atoms with Crippen LogP contribution in [0.25, 0.3) is 0 Å². The van der Waals surface area contributed by atoms with Gasteiger partial charge in [-0.15, -0.1) is 0 Å². The molecule has 0 amide bonds. The first-order chi connectivity index (χ1) is 9.61. The summed E-state index contributed by atoms with van der Waals surface area (Å²) < 4.78 is 15.0. The summed E-state index contributed by atoms with van der Waals surface area (Å²) in [6, 6.07) is 15.5. The van der Waals surface area contributed by atoms with Crippen LogP contribution in [0.2, 0.25) is 0 Å². The maximum absolute atomic E-state index is 14.1. The molecule has 2 aromatic rings. The van der Waals surface area contributed by atoms with Crippen LogP contribution in [0.4, 0.5) is 4.39 Å². The van der Waals surface area contributed by atoms with E-state index in [1.165, 1.54) is 11.6 Å². The van der Waals surface area contributed by atoms with Gasteiger partial charge in [-0.3, -0.25) is 0 Å². The third-order valence-corrected chi connectivity index (χ3v) is 5.42. The zero-order chi connectivity index (χ0) is 14.6. The normalized spacial score (nSPS) is 14.0. The summed E-state index contributed by atoms with van der Waals surface area (Å²) in [7, 11) is 0. The summed E-state index contributed by atoms with van der Waals surface area (Å²) in [4.78, 5) is 0. The lowest BCUT2D eigenvalue weighted by molar-refractivity contribution is 0.452. The van der Waals surface area contributed by atoms with Gasteiger partial charge in [-0.05, 0) is 42.2 Å². The molecule has 0 aliphatic carbocycles. The highest BCUT2D eigenvalue weighted by atomic mass is 79.9. The molecule has 1 atom stereocenters. The van der Waals surface area contributed by atoms with Crippen LogP contribution in [0.15, 0.2) is 53.0 Å². The molecule has 106 valence electrons. The summed E-state index contributed by atoms with van der Waals surface area (Å²) in [5.74, 6) is -0.136. The van der Waals surface area contributed by atoms with E-state index in [1.807, 2.05) is 24.3 Å². The lowest BCUT2D eigenvalue weighted by Gasteiger charge is -2.32.